The molecule has 2 aliphatic rings. The first-order chi connectivity index (χ1) is 14.8. The zero-order chi connectivity index (χ0) is 21.8. The lowest BCUT2D eigenvalue weighted by molar-refractivity contribution is 0.00178. The number of hydrogen-bond donors (Lipinski definition) is 2. The van der Waals surface area contributed by atoms with Crippen molar-refractivity contribution >= 4 is 16.7 Å². The van der Waals surface area contributed by atoms with Crippen molar-refractivity contribution in [2.24, 2.45) is 0 Å². The maximum absolute atomic E-state index is 15.5. The Morgan fingerprint density at radius 1 is 1.16 bits per heavy atom. The van der Waals surface area contributed by atoms with Gasteiger partial charge in [0.05, 0.1) is 12.2 Å². The van der Waals surface area contributed by atoms with Gasteiger partial charge in [-0.3, -0.25) is 4.98 Å². The second kappa shape index (κ2) is 7.09. The minimum atomic E-state index is -1.03. The molecule has 8 heteroatoms. The van der Waals surface area contributed by atoms with Crippen LogP contribution in [0, 0.1) is 0 Å². The molecule has 0 saturated carbocycles. The van der Waals surface area contributed by atoms with E-state index in [0.29, 0.717) is 23.6 Å². The molecule has 4 atom stereocenters. The Kier molecular flexibility index (Phi) is 4.58. The third kappa shape index (κ3) is 3.39. The largest absolute Gasteiger partial charge is 0.507 e. The van der Waals surface area contributed by atoms with Crippen molar-refractivity contribution in [2.75, 3.05) is 11.9 Å². The number of rotatable bonds is 3. The fourth-order valence-electron chi connectivity index (χ4n) is 5.37. The summed E-state index contributed by atoms with van der Waals surface area (Å²) in [5.41, 5.74) is 0.385. The molecule has 7 nitrogen and oxygen atoms in total. The molecule has 4 heterocycles. The van der Waals surface area contributed by atoms with E-state index >= 15 is 4.39 Å². The van der Waals surface area contributed by atoms with Crippen molar-refractivity contribution in [3.05, 3.63) is 36.8 Å². The number of alkyl halides is 1. The van der Waals surface area contributed by atoms with Crippen LogP contribution in [0.1, 0.15) is 39.5 Å². The molecule has 5 rings (SSSR count). The molecule has 2 fully saturated rings. The fourth-order valence-corrected chi connectivity index (χ4v) is 5.37. The summed E-state index contributed by atoms with van der Waals surface area (Å²) in [6.07, 6.45) is 7.53. The number of hydrogen-bond acceptors (Lipinski definition) is 7. The highest BCUT2D eigenvalue weighted by Crippen LogP contribution is 2.43. The van der Waals surface area contributed by atoms with Crippen LogP contribution >= 0.6 is 0 Å². The summed E-state index contributed by atoms with van der Waals surface area (Å²) in [4.78, 5) is 10.4. The van der Waals surface area contributed by atoms with E-state index in [1.165, 1.54) is 0 Å². The molecule has 2 aliphatic heterocycles. The van der Waals surface area contributed by atoms with Gasteiger partial charge in [0.2, 0.25) is 5.95 Å². The van der Waals surface area contributed by atoms with Crippen LogP contribution in [0.5, 0.6) is 5.75 Å². The number of phenolic OH excluding ortho intramolecular Hbond substituents is 1. The number of fused-ring (bicyclic) bond motifs is 3. The molecule has 0 spiro atoms. The minimum Gasteiger partial charge on any atom is -0.507 e. The van der Waals surface area contributed by atoms with Crippen molar-refractivity contribution in [3.8, 4) is 17.0 Å². The topological polar surface area (TPSA) is 87.1 Å². The second-order valence-corrected chi connectivity index (χ2v) is 9.48. The zero-order valence-electron chi connectivity index (χ0n) is 18.0. The van der Waals surface area contributed by atoms with Crippen molar-refractivity contribution in [1.29, 1.82) is 0 Å². The van der Waals surface area contributed by atoms with Crippen LogP contribution in [0.3, 0.4) is 0 Å². The number of anilines is 1. The van der Waals surface area contributed by atoms with E-state index in [2.05, 4.69) is 32.4 Å². The maximum atomic E-state index is 15.5. The van der Waals surface area contributed by atoms with Gasteiger partial charge in [0.25, 0.3) is 0 Å². The average molecular weight is 423 g/mol. The van der Waals surface area contributed by atoms with Gasteiger partial charge in [-0.25, -0.2) is 9.37 Å². The van der Waals surface area contributed by atoms with Gasteiger partial charge in [0.1, 0.15) is 17.6 Å². The summed E-state index contributed by atoms with van der Waals surface area (Å²) in [5.74, 6) is 0.474. The standard InChI is InChI=1S/C23H27FN6O/c1-22-6-4-7-23(2,29-22)20(24)18(11-22)30(3)21-26-13-17(27-28-21)16-9-14-5-8-25-12-15(14)10-19(16)31/h5,8-10,12-13,18,20,29,31H,4,6-7,11H2,1-3H3/t18-,20+,22-,23+/m1/s1. The summed E-state index contributed by atoms with van der Waals surface area (Å²) in [6, 6.07) is 5.04. The van der Waals surface area contributed by atoms with Crippen molar-refractivity contribution in [1.82, 2.24) is 25.5 Å². The van der Waals surface area contributed by atoms with Crippen LogP contribution in [0.25, 0.3) is 22.0 Å². The Labute approximate surface area is 180 Å². The first-order valence-corrected chi connectivity index (χ1v) is 10.7. The van der Waals surface area contributed by atoms with Crippen molar-refractivity contribution < 1.29 is 9.50 Å². The molecule has 1 aromatic carbocycles. The van der Waals surface area contributed by atoms with Gasteiger partial charge in [-0.2, -0.15) is 0 Å². The van der Waals surface area contributed by atoms with Gasteiger partial charge in [-0.05, 0) is 63.1 Å². The molecule has 0 unspecified atom stereocenters. The van der Waals surface area contributed by atoms with Crippen LogP contribution in [-0.2, 0) is 0 Å². The van der Waals surface area contributed by atoms with E-state index in [9.17, 15) is 5.11 Å². The van der Waals surface area contributed by atoms with Crippen LogP contribution < -0.4 is 10.2 Å². The Morgan fingerprint density at radius 2 is 2.00 bits per heavy atom. The van der Waals surface area contributed by atoms with E-state index in [0.717, 1.165) is 30.0 Å². The van der Waals surface area contributed by atoms with Gasteiger partial charge in [-0.15, -0.1) is 10.2 Å². The van der Waals surface area contributed by atoms with Gasteiger partial charge < -0.3 is 15.3 Å². The molecule has 3 aromatic rings. The normalized spacial score (nSPS) is 30.3. The Balaban J connectivity index is 1.43. The van der Waals surface area contributed by atoms with Gasteiger partial charge in [0.15, 0.2) is 0 Å². The summed E-state index contributed by atoms with van der Waals surface area (Å²) in [6.45, 7) is 4.16. The molecule has 2 bridgehead atoms. The highest BCUT2D eigenvalue weighted by molar-refractivity contribution is 5.89. The number of phenols is 1. The number of nitrogens with zero attached hydrogens (tertiary/aromatic N) is 5. The predicted octanol–water partition coefficient (Wildman–Crippen LogP) is 3.63. The molecule has 162 valence electrons. The van der Waals surface area contributed by atoms with E-state index in [1.54, 1.807) is 24.7 Å². The van der Waals surface area contributed by atoms with Crippen LogP contribution in [0.15, 0.2) is 36.8 Å². The van der Waals surface area contributed by atoms with E-state index in [4.69, 9.17) is 0 Å². The molecular weight excluding hydrogens is 395 g/mol. The van der Waals surface area contributed by atoms with Gasteiger partial charge in [-0.1, -0.05) is 0 Å². The molecule has 0 radical (unpaired) electrons. The molecule has 0 aliphatic carbocycles. The SMILES string of the molecule is CN(c1ncc(-c2cc3ccncc3cc2O)nn1)[C@@H]1C[C@@]2(C)CCC[C@](C)(N2)[C@H]1F. The van der Waals surface area contributed by atoms with E-state index in [-0.39, 0.29) is 17.3 Å². The quantitative estimate of drug-likeness (QED) is 0.666. The number of halogens is 1. The number of aromatic nitrogens is 4. The lowest BCUT2D eigenvalue weighted by Gasteiger charge is -2.56. The number of aromatic hydroxyl groups is 1. The number of pyridine rings is 1. The zero-order valence-corrected chi connectivity index (χ0v) is 18.0. The third-order valence-electron chi connectivity index (χ3n) is 7.01. The first-order valence-electron chi connectivity index (χ1n) is 10.7. The fraction of sp³-hybridized carbons (Fsp3) is 0.478. The van der Waals surface area contributed by atoms with Crippen LogP contribution in [-0.4, -0.2) is 55.6 Å². The smallest absolute Gasteiger partial charge is 0.245 e. The van der Waals surface area contributed by atoms with Crippen molar-refractivity contribution in [3.63, 3.8) is 0 Å². The Morgan fingerprint density at radius 3 is 2.77 bits per heavy atom. The minimum absolute atomic E-state index is 0.0897. The molecular formula is C23H27FN6O. The van der Waals surface area contributed by atoms with Gasteiger partial charge >= 0.3 is 0 Å². The van der Waals surface area contributed by atoms with E-state index in [1.807, 2.05) is 31.0 Å². The van der Waals surface area contributed by atoms with Crippen molar-refractivity contribution in [2.45, 2.75) is 62.8 Å². The Bertz CT molecular complexity index is 1120. The lowest BCUT2D eigenvalue weighted by Crippen LogP contribution is -2.72. The third-order valence-corrected chi connectivity index (χ3v) is 7.01. The number of nitrogens with one attached hydrogen (secondary N) is 1. The lowest BCUT2D eigenvalue weighted by atomic mass is 9.68. The monoisotopic (exact) mass is 422 g/mol. The average Bonchev–Trinajstić information content (AvgIpc) is 2.75. The van der Waals surface area contributed by atoms with Crippen LogP contribution in [0.4, 0.5) is 10.3 Å². The maximum Gasteiger partial charge on any atom is 0.245 e. The molecule has 2 saturated heterocycles. The van der Waals surface area contributed by atoms with Gasteiger partial charge in [0, 0.05) is 41.5 Å². The summed E-state index contributed by atoms with van der Waals surface area (Å²) in [7, 11) is 1.84. The Hall–Kier alpha value is -2.87. The van der Waals surface area contributed by atoms with Crippen LogP contribution in [0.2, 0.25) is 0 Å². The molecule has 2 aromatic heterocycles. The first kappa shape index (κ1) is 20.1. The van der Waals surface area contributed by atoms with E-state index < -0.39 is 11.7 Å². The summed E-state index contributed by atoms with van der Waals surface area (Å²) < 4.78 is 15.5. The predicted molar refractivity (Wildman–Crippen MR) is 118 cm³/mol. The highest BCUT2D eigenvalue weighted by Gasteiger charge is 2.54. The molecule has 0 amide bonds. The molecule has 2 N–H and O–H groups in total. The summed E-state index contributed by atoms with van der Waals surface area (Å²) in [5, 5.41) is 24.3. The second-order valence-electron chi connectivity index (χ2n) is 9.48. The number of benzene rings is 1. The summed E-state index contributed by atoms with van der Waals surface area (Å²) >= 11 is 0. The molecule has 31 heavy (non-hydrogen) atoms. The number of piperidine rings is 2. The highest BCUT2D eigenvalue weighted by atomic mass is 19.1.